The van der Waals surface area contributed by atoms with Gasteiger partial charge in [-0.15, -0.1) is 0 Å². The van der Waals surface area contributed by atoms with Crippen LogP contribution in [0.25, 0.3) is 0 Å². The number of aliphatic imine (C=N–C) groups is 1. The number of guanidine groups is 1. The molecule has 0 aromatic heterocycles. The first-order valence-electron chi connectivity index (χ1n) is 13.6. The number of nitrogens with zero attached hydrogens (tertiary/aromatic N) is 2. The fourth-order valence-electron chi connectivity index (χ4n) is 6.68. The zero-order valence-corrected chi connectivity index (χ0v) is 21.0. The van der Waals surface area contributed by atoms with Crippen LogP contribution < -0.4 is 5.73 Å². The highest BCUT2D eigenvalue weighted by atomic mass is 16.2. The van der Waals surface area contributed by atoms with Crippen LogP contribution in [0.3, 0.4) is 0 Å². The van der Waals surface area contributed by atoms with Gasteiger partial charge in [-0.3, -0.25) is 14.5 Å². The summed E-state index contributed by atoms with van der Waals surface area (Å²) >= 11 is 0. The highest BCUT2D eigenvalue weighted by molar-refractivity contribution is 6.06. The number of aryl methyl sites for hydroxylation is 1. The lowest BCUT2D eigenvalue weighted by Crippen LogP contribution is -2.44. The van der Waals surface area contributed by atoms with Gasteiger partial charge in [-0.2, -0.15) is 0 Å². The van der Waals surface area contributed by atoms with Crippen LogP contribution in [0.15, 0.2) is 35.3 Å². The number of rotatable bonds is 10. The van der Waals surface area contributed by atoms with Gasteiger partial charge in [-0.25, -0.2) is 4.99 Å². The highest BCUT2D eigenvalue weighted by Crippen LogP contribution is 2.42. The van der Waals surface area contributed by atoms with Crippen molar-refractivity contribution in [2.24, 2.45) is 28.5 Å². The van der Waals surface area contributed by atoms with E-state index in [1.54, 1.807) is 11.9 Å². The molecule has 34 heavy (non-hydrogen) atoms. The second-order valence-electron chi connectivity index (χ2n) is 11.2. The second-order valence-corrected chi connectivity index (χ2v) is 11.2. The Morgan fingerprint density at radius 2 is 1.74 bits per heavy atom. The summed E-state index contributed by atoms with van der Waals surface area (Å²) < 4.78 is 0. The third-order valence-electron chi connectivity index (χ3n) is 8.64. The number of amides is 1. The van der Waals surface area contributed by atoms with E-state index < -0.39 is 5.54 Å². The molecule has 4 rings (SSSR count). The molecule has 0 bridgehead atoms. The van der Waals surface area contributed by atoms with E-state index in [-0.39, 0.29) is 5.91 Å². The fraction of sp³-hybridized carbons (Fsp3) is 0.690. The summed E-state index contributed by atoms with van der Waals surface area (Å²) in [6, 6.07) is 10.3. The van der Waals surface area contributed by atoms with E-state index in [0.717, 1.165) is 57.3 Å². The quantitative estimate of drug-likeness (QED) is 0.484. The number of likely N-dealkylation sites (N-methyl/N-ethyl adjacent to an activating group) is 1. The maximum absolute atomic E-state index is 13.3. The van der Waals surface area contributed by atoms with E-state index in [1.165, 1.54) is 37.7 Å². The van der Waals surface area contributed by atoms with Crippen molar-refractivity contribution in [1.29, 1.82) is 0 Å². The van der Waals surface area contributed by atoms with Gasteiger partial charge >= 0.3 is 0 Å². The summed E-state index contributed by atoms with van der Waals surface area (Å²) in [6.07, 6.45) is 15.8. The monoisotopic (exact) mass is 465 g/mol. The van der Waals surface area contributed by atoms with Crippen molar-refractivity contribution in [2.45, 2.75) is 102 Å². The van der Waals surface area contributed by atoms with Crippen LogP contribution in [0.4, 0.5) is 0 Å². The summed E-state index contributed by atoms with van der Waals surface area (Å²) in [5.74, 6) is 2.44. The molecule has 3 atom stereocenters. The molecule has 0 radical (unpaired) electrons. The van der Waals surface area contributed by atoms with E-state index in [2.05, 4.69) is 12.1 Å². The van der Waals surface area contributed by atoms with E-state index >= 15 is 0 Å². The van der Waals surface area contributed by atoms with Gasteiger partial charge in [0, 0.05) is 19.9 Å². The maximum Gasteiger partial charge on any atom is 0.257 e. The molecule has 3 aliphatic rings. The molecular weight excluding hydrogens is 422 g/mol. The molecule has 186 valence electrons. The molecule has 2 N–H and O–H groups in total. The van der Waals surface area contributed by atoms with Crippen molar-refractivity contribution in [3.63, 3.8) is 0 Å². The van der Waals surface area contributed by atoms with Gasteiger partial charge in [0.1, 0.15) is 11.3 Å². The Kier molecular flexibility index (Phi) is 8.44. The Labute approximate surface area is 205 Å². The summed E-state index contributed by atoms with van der Waals surface area (Å²) in [5.41, 5.74) is 6.70. The lowest BCUT2D eigenvalue weighted by Gasteiger charge is -2.35. The van der Waals surface area contributed by atoms with Gasteiger partial charge in [0.15, 0.2) is 5.96 Å². The standard InChI is InChI=1S/C29H43N3O2/c1-32-27(34)29(31-28(32)30,18-17-23-11-6-3-7-12-23)21-25-14-8-13-24(19-25)20-26(33)16-15-22-9-4-2-5-10-22/h2,4-5,9-10,23-25H,3,6-8,11-21H2,1H3,(H2,30,31)/t24-,25+,29-/m1/s1. The molecule has 2 saturated carbocycles. The molecule has 1 aromatic carbocycles. The summed E-state index contributed by atoms with van der Waals surface area (Å²) in [4.78, 5) is 32.4. The SMILES string of the molecule is CN1C(=O)[C@@](CCC2CCCCC2)(C[C@H]2CCC[C@@H](CC(=O)CCc3ccccc3)C2)N=C1N. The lowest BCUT2D eigenvalue weighted by molar-refractivity contribution is -0.131. The summed E-state index contributed by atoms with van der Waals surface area (Å²) in [6.45, 7) is 0. The van der Waals surface area contributed by atoms with Crippen LogP contribution >= 0.6 is 0 Å². The van der Waals surface area contributed by atoms with E-state index in [1.807, 2.05) is 18.2 Å². The second kappa shape index (κ2) is 11.5. The van der Waals surface area contributed by atoms with Gasteiger partial charge in [0.25, 0.3) is 5.91 Å². The highest BCUT2D eigenvalue weighted by Gasteiger charge is 2.48. The van der Waals surface area contributed by atoms with Crippen LogP contribution in [0.5, 0.6) is 0 Å². The van der Waals surface area contributed by atoms with Gasteiger partial charge in [-0.05, 0) is 55.4 Å². The predicted molar refractivity (Wildman–Crippen MR) is 137 cm³/mol. The van der Waals surface area contributed by atoms with Gasteiger partial charge in [0.05, 0.1) is 0 Å². The molecule has 5 nitrogen and oxygen atoms in total. The largest absolute Gasteiger partial charge is 0.369 e. The van der Waals surface area contributed by atoms with Crippen molar-refractivity contribution < 1.29 is 9.59 Å². The van der Waals surface area contributed by atoms with Crippen molar-refractivity contribution in [3.8, 4) is 0 Å². The van der Waals surface area contributed by atoms with Crippen molar-refractivity contribution in [2.75, 3.05) is 7.05 Å². The molecule has 1 aliphatic heterocycles. The molecule has 0 unspecified atom stereocenters. The Bertz CT molecular complexity index is 861. The van der Waals surface area contributed by atoms with E-state index in [9.17, 15) is 9.59 Å². The van der Waals surface area contributed by atoms with Gasteiger partial charge in [0.2, 0.25) is 0 Å². The van der Waals surface area contributed by atoms with E-state index in [0.29, 0.717) is 36.4 Å². The van der Waals surface area contributed by atoms with Crippen LogP contribution in [-0.2, 0) is 16.0 Å². The third kappa shape index (κ3) is 6.28. The van der Waals surface area contributed by atoms with Gasteiger partial charge in [-0.1, -0.05) is 81.7 Å². The van der Waals surface area contributed by atoms with Crippen LogP contribution in [-0.4, -0.2) is 35.1 Å². The molecule has 0 spiro atoms. The Morgan fingerprint density at radius 3 is 2.44 bits per heavy atom. The number of benzene rings is 1. The molecular formula is C29H43N3O2. The Morgan fingerprint density at radius 1 is 1.03 bits per heavy atom. The number of hydrogen-bond acceptors (Lipinski definition) is 4. The lowest BCUT2D eigenvalue weighted by atomic mass is 9.71. The van der Waals surface area contributed by atoms with Crippen molar-refractivity contribution in [1.82, 2.24) is 4.90 Å². The molecule has 1 amide bonds. The van der Waals surface area contributed by atoms with Crippen LogP contribution in [0.1, 0.15) is 95.5 Å². The molecule has 1 aromatic rings. The van der Waals surface area contributed by atoms with Crippen LogP contribution in [0.2, 0.25) is 0 Å². The van der Waals surface area contributed by atoms with E-state index in [4.69, 9.17) is 10.7 Å². The minimum atomic E-state index is -0.680. The zero-order valence-electron chi connectivity index (χ0n) is 21.0. The minimum Gasteiger partial charge on any atom is -0.369 e. The number of carbonyl (C=O) groups excluding carboxylic acids is 2. The fourth-order valence-corrected chi connectivity index (χ4v) is 6.68. The normalized spacial score (nSPS) is 28.2. The number of ketones is 1. The maximum atomic E-state index is 13.3. The zero-order chi connectivity index (χ0) is 24.0. The third-order valence-corrected chi connectivity index (χ3v) is 8.64. The molecule has 2 fully saturated rings. The minimum absolute atomic E-state index is 0.0851. The van der Waals surface area contributed by atoms with Crippen molar-refractivity contribution >= 4 is 17.6 Å². The average molecular weight is 466 g/mol. The number of hydrogen-bond donors (Lipinski definition) is 1. The topological polar surface area (TPSA) is 75.8 Å². The number of carbonyl (C=O) groups is 2. The Hall–Kier alpha value is -2.17. The first-order valence-corrected chi connectivity index (χ1v) is 13.6. The number of Topliss-reactive ketones (excluding diaryl/α,β-unsaturated/α-hetero) is 1. The van der Waals surface area contributed by atoms with Crippen molar-refractivity contribution in [3.05, 3.63) is 35.9 Å². The van der Waals surface area contributed by atoms with Gasteiger partial charge < -0.3 is 5.73 Å². The van der Waals surface area contributed by atoms with Crippen LogP contribution in [0, 0.1) is 17.8 Å². The molecule has 1 heterocycles. The summed E-state index contributed by atoms with van der Waals surface area (Å²) in [5, 5.41) is 0. The smallest absolute Gasteiger partial charge is 0.257 e. The first kappa shape index (κ1) is 24.9. The molecule has 2 aliphatic carbocycles. The summed E-state index contributed by atoms with van der Waals surface area (Å²) in [7, 11) is 1.76. The predicted octanol–water partition coefficient (Wildman–Crippen LogP) is 5.66. The first-order chi connectivity index (χ1) is 16.4. The number of nitrogens with two attached hydrogens (primary N) is 1. The Balaban J connectivity index is 1.33. The molecule has 5 heteroatoms. The average Bonchev–Trinajstić information content (AvgIpc) is 3.06. The molecule has 0 saturated heterocycles.